The van der Waals surface area contributed by atoms with Gasteiger partial charge in [-0.1, -0.05) is 17.7 Å². The number of nitrogens with zero attached hydrogens (tertiary/aromatic N) is 1. The maximum Gasteiger partial charge on any atom is 0.252 e. The highest BCUT2D eigenvalue weighted by atomic mass is 32.2. The predicted octanol–water partition coefficient (Wildman–Crippen LogP) is 2.98. The quantitative estimate of drug-likeness (QED) is 0.595. The monoisotopic (exact) mass is 470 g/mol. The molecule has 3 aromatic rings. The van der Waals surface area contributed by atoms with E-state index < -0.39 is 10.0 Å². The van der Waals surface area contributed by atoms with Crippen molar-refractivity contribution in [3.63, 3.8) is 0 Å². The molecule has 174 valence electrons. The lowest BCUT2D eigenvalue weighted by atomic mass is 10.1. The third kappa shape index (κ3) is 4.48. The molecule has 1 aromatic heterocycles. The minimum Gasteiger partial charge on any atom is -0.486 e. The van der Waals surface area contributed by atoms with Crippen LogP contribution in [0, 0.1) is 6.92 Å². The summed E-state index contributed by atoms with van der Waals surface area (Å²) in [5.41, 5.74) is 1.60. The summed E-state index contributed by atoms with van der Waals surface area (Å²) in [6.07, 6.45) is 1.49. The first kappa shape index (κ1) is 21.9. The van der Waals surface area contributed by atoms with Crippen molar-refractivity contribution in [2.75, 3.05) is 26.4 Å². The lowest BCUT2D eigenvalue weighted by Gasteiger charge is -2.25. The zero-order valence-corrected chi connectivity index (χ0v) is 19.2. The molecule has 2 aliphatic heterocycles. The SMILES string of the molecule is Cc1ccc(S(=O)(=O)N(Cc2cc3cc4c(cc3[nH]c2=O)OCCO4)C[C@H]2CCCO2)cc1. The number of nitrogens with one attached hydrogen (secondary N) is 1. The number of pyridine rings is 1. The zero-order valence-electron chi connectivity index (χ0n) is 18.4. The normalized spacial score (nSPS) is 18.2. The number of fused-ring (bicyclic) bond motifs is 2. The Labute approximate surface area is 192 Å². The molecule has 2 aliphatic rings. The van der Waals surface area contributed by atoms with Crippen molar-refractivity contribution in [1.82, 2.24) is 9.29 Å². The summed E-state index contributed by atoms with van der Waals surface area (Å²) in [5, 5.41) is 0.749. The number of ether oxygens (including phenoxy) is 3. The zero-order chi connectivity index (χ0) is 23.0. The van der Waals surface area contributed by atoms with Gasteiger partial charge in [0.15, 0.2) is 11.5 Å². The molecule has 1 N–H and O–H groups in total. The third-order valence-electron chi connectivity index (χ3n) is 6.02. The Morgan fingerprint density at radius 2 is 1.76 bits per heavy atom. The standard InChI is InChI=1S/C24H26N2O6S/c1-16-4-6-20(7-5-16)33(28,29)26(15-19-3-2-8-30-19)14-18-11-17-12-22-23(32-10-9-31-22)13-21(17)25-24(18)27/h4-7,11-13,19H,2-3,8-10,14-15H2,1H3,(H,25,27)/t19-/m1/s1. The highest BCUT2D eigenvalue weighted by Crippen LogP contribution is 2.34. The highest BCUT2D eigenvalue weighted by Gasteiger charge is 2.30. The number of benzene rings is 2. The van der Waals surface area contributed by atoms with Crippen LogP contribution in [0.4, 0.5) is 0 Å². The Kier molecular flexibility index (Phi) is 5.86. The van der Waals surface area contributed by atoms with Crippen LogP contribution in [0.5, 0.6) is 11.5 Å². The van der Waals surface area contributed by atoms with Gasteiger partial charge in [-0.2, -0.15) is 4.31 Å². The Morgan fingerprint density at radius 3 is 2.45 bits per heavy atom. The summed E-state index contributed by atoms with van der Waals surface area (Å²) in [5.74, 6) is 1.19. The van der Waals surface area contributed by atoms with Crippen LogP contribution >= 0.6 is 0 Å². The van der Waals surface area contributed by atoms with Gasteiger partial charge in [0, 0.05) is 36.7 Å². The van der Waals surface area contributed by atoms with E-state index in [1.54, 1.807) is 36.4 Å². The molecule has 1 fully saturated rings. The summed E-state index contributed by atoms with van der Waals surface area (Å²) >= 11 is 0. The van der Waals surface area contributed by atoms with Crippen LogP contribution in [-0.2, 0) is 21.3 Å². The number of aromatic nitrogens is 1. The fraction of sp³-hybridized carbons (Fsp3) is 0.375. The van der Waals surface area contributed by atoms with Crippen LogP contribution in [0.3, 0.4) is 0 Å². The van der Waals surface area contributed by atoms with E-state index in [4.69, 9.17) is 14.2 Å². The molecule has 1 atom stereocenters. The molecule has 5 rings (SSSR count). The first-order valence-electron chi connectivity index (χ1n) is 11.0. The van der Waals surface area contributed by atoms with E-state index >= 15 is 0 Å². The van der Waals surface area contributed by atoms with Gasteiger partial charge in [-0.25, -0.2) is 8.42 Å². The molecule has 0 aliphatic carbocycles. The molecule has 0 amide bonds. The van der Waals surface area contributed by atoms with Gasteiger partial charge < -0.3 is 19.2 Å². The number of hydrogen-bond donors (Lipinski definition) is 1. The molecule has 0 spiro atoms. The lowest BCUT2D eigenvalue weighted by Crippen LogP contribution is -2.38. The van der Waals surface area contributed by atoms with E-state index in [0.717, 1.165) is 23.8 Å². The van der Waals surface area contributed by atoms with Gasteiger partial charge in [0.25, 0.3) is 5.56 Å². The van der Waals surface area contributed by atoms with E-state index in [9.17, 15) is 13.2 Å². The Bertz CT molecular complexity index is 1330. The average Bonchev–Trinajstić information content (AvgIpc) is 3.31. The van der Waals surface area contributed by atoms with E-state index in [1.807, 2.05) is 13.0 Å². The van der Waals surface area contributed by atoms with Crippen molar-refractivity contribution in [3.05, 3.63) is 63.9 Å². The average molecular weight is 471 g/mol. The predicted molar refractivity (Wildman–Crippen MR) is 123 cm³/mol. The van der Waals surface area contributed by atoms with E-state index in [-0.39, 0.29) is 29.6 Å². The molecular formula is C24H26N2O6S. The molecule has 0 bridgehead atoms. The van der Waals surface area contributed by atoms with Crippen molar-refractivity contribution in [2.24, 2.45) is 0 Å². The van der Waals surface area contributed by atoms with Crippen LogP contribution in [-0.4, -0.2) is 50.2 Å². The maximum atomic E-state index is 13.5. The van der Waals surface area contributed by atoms with Gasteiger partial charge in [0.2, 0.25) is 10.0 Å². The summed E-state index contributed by atoms with van der Waals surface area (Å²) in [4.78, 5) is 16.0. The molecule has 0 unspecified atom stereocenters. The van der Waals surface area contributed by atoms with E-state index in [2.05, 4.69) is 4.98 Å². The van der Waals surface area contributed by atoms with Gasteiger partial charge in [0.05, 0.1) is 16.5 Å². The summed E-state index contributed by atoms with van der Waals surface area (Å²) < 4.78 is 45.4. The second kappa shape index (κ2) is 8.81. The van der Waals surface area contributed by atoms with E-state index in [1.165, 1.54) is 4.31 Å². The topological polar surface area (TPSA) is 97.9 Å². The van der Waals surface area contributed by atoms with Gasteiger partial charge >= 0.3 is 0 Å². The summed E-state index contributed by atoms with van der Waals surface area (Å²) in [6.45, 7) is 3.56. The van der Waals surface area contributed by atoms with Crippen LogP contribution < -0.4 is 15.0 Å². The van der Waals surface area contributed by atoms with Gasteiger partial charge in [0.1, 0.15) is 13.2 Å². The number of rotatable bonds is 6. The second-order valence-corrected chi connectivity index (χ2v) is 10.4. The van der Waals surface area contributed by atoms with Crippen LogP contribution in [0.1, 0.15) is 24.0 Å². The van der Waals surface area contributed by atoms with Gasteiger partial charge in [-0.15, -0.1) is 0 Å². The van der Waals surface area contributed by atoms with Crippen molar-refractivity contribution >= 4 is 20.9 Å². The van der Waals surface area contributed by atoms with Crippen molar-refractivity contribution in [3.8, 4) is 11.5 Å². The molecule has 3 heterocycles. The molecule has 8 nitrogen and oxygen atoms in total. The molecule has 33 heavy (non-hydrogen) atoms. The first-order valence-corrected chi connectivity index (χ1v) is 12.5. The first-order chi connectivity index (χ1) is 15.9. The Hall–Kier alpha value is -2.88. The van der Waals surface area contributed by atoms with Crippen molar-refractivity contribution in [2.45, 2.75) is 37.3 Å². The number of hydrogen-bond acceptors (Lipinski definition) is 6. The maximum absolute atomic E-state index is 13.5. The third-order valence-corrected chi connectivity index (χ3v) is 7.85. The largest absolute Gasteiger partial charge is 0.486 e. The van der Waals surface area contributed by atoms with Gasteiger partial charge in [-0.3, -0.25) is 4.79 Å². The van der Waals surface area contributed by atoms with Crippen LogP contribution in [0.25, 0.3) is 10.9 Å². The minimum absolute atomic E-state index is 0.0597. The second-order valence-electron chi connectivity index (χ2n) is 8.45. The Morgan fingerprint density at radius 1 is 1.03 bits per heavy atom. The van der Waals surface area contributed by atoms with Crippen LogP contribution in [0.15, 0.2) is 52.2 Å². The number of aryl methyl sites for hydroxylation is 1. The van der Waals surface area contributed by atoms with E-state index in [0.29, 0.717) is 42.4 Å². The highest BCUT2D eigenvalue weighted by molar-refractivity contribution is 7.89. The number of aromatic amines is 1. The van der Waals surface area contributed by atoms with Crippen molar-refractivity contribution in [1.29, 1.82) is 0 Å². The number of H-pyrrole nitrogens is 1. The molecule has 9 heteroatoms. The fourth-order valence-electron chi connectivity index (χ4n) is 4.22. The molecule has 0 saturated carbocycles. The van der Waals surface area contributed by atoms with Crippen LogP contribution in [0.2, 0.25) is 0 Å². The summed E-state index contributed by atoms with van der Waals surface area (Å²) in [7, 11) is -3.83. The molecule has 2 aromatic carbocycles. The molecule has 0 radical (unpaired) electrons. The minimum atomic E-state index is -3.83. The molecular weight excluding hydrogens is 444 g/mol. The number of sulfonamides is 1. The molecule has 1 saturated heterocycles. The summed E-state index contributed by atoms with van der Waals surface area (Å²) in [6, 6.07) is 12.0. The Balaban J connectivity index is 1.52. The lowest BCUT2D eigenvalue weighted by molar-refractivity contribution is 0.0925. The van der Waals surface area contributed by atoms with Crippen molar-refractivity contribution < 1.29 is 22.6 Å². The smallest absolute Gasteiger partial charge is 0.252 e. The van der Waals surface area contributed by atoms with Gasteiger partial charge in [-0.05, 0) is 44.0 Å². The fourth-order valence-corrected chi connectivity index (χ4v) is 5.67.